The lowest BCUT2D eigenvalue weighted by molar-refractivity contribution is -0.138. The summed E-state index contributed by atoms with van der Waals surface area (Å²) < 4.78 is 0. The minimum atomic E-state index is 0.179. The number of nitrogens with one attached hydrogen (secondary N) is 1. The van der Waals surface area contributed by atoms with E-state index >= 15 is 0 Å². The van der Waals surface area contributed by atoms with E-state index in [4.69, 9.17) is 4.98 Å². The van der Waals surface area contributed by atoms with Crippen LogP contribution in [-0.2, 0) is 4.79 Å². The van der Waals surface area contributed by atoms with E-state index in [1.54, 1.807) is 0 Å². The first kappa shape index (κ1) is 16.4. The molecule has 0 aliphatic carbocycles. The summed E-state index contributed by atoms with van der Waals surface area (Å²) >= 11 is 0. The number of fused-ring (bicyclic) bond motifs is 1. The first-order valence-corrected chi connectivity index (χ1v) is 9.58. The number of hydrogen-bond donors (Lipinski definition) is 1. The van der Waals surface area contributed by atoms with Crippen molar-refractivity contribution in [1.29, 1.82) is 0 Å². The maximum Gasteiger partial charge on any atom is 0.225 e. The van der Waals surface area contributed by atoms with Gasteiger partial charge in [-0.25, -0.2) is 4.98 Å². The first-order chi connectivity index (χ1) is 12.1. The third-order valence-corrected chi connectivity index (χ3v) is 5.70. The van der Waals surface area contributed by atoms with Crippen LogP contribution in [0.4, 0.5) is 5.95 Å². The van der Waals surface area contributed by atoms with Crippen molar-refractivity contribution in [2.75, 3.05) is 31.1 Å². The molecule has 2 aromatic rings. The second kappa shape index (κ2) is 6.70. The number of imidazole rings is 1. The van der Waals surface area contributed by atoms with Crippen LogP contribution in [0.1, 0.15) is 33.1 Å². The zero-order valence-corrected chi connectivity index (χ0v) is 15.2. The molecule has 5 nitrogen and oxygen atoms in total. The Bertz CT molecular complexity index is 704. The number of nitrogens with zero attached hydrogens (tertiary/aromatic N) is 3. The normalized spacial score (nSPS) is 25.5. The van der Waals surface area contributed by atoms with Crippen molar-refractivity contribution in [2.24, 2.45) is 17.8 Å². The molecule has 3 heterocycles. The first-order valence-electron chi connectivity index (χ1n) is 9.58. The lowest BCUT2D eigenvalue weighted by Crippen LogP contribution is -2.48. The molecule has 5 heteroatoms. The molecule has 0 bridgehead atoms. The van der Waals surface area contributed by atoms with Crippen molar-refractivity contribution < 1.29 is 4.79 Å². The van der Waals surface area contributed by atoms with Crippen molar-refractivity contribution in [3.8, 4) is 0 Å². The van der Waals surface area contributed by atoms with Gasteiger partial charge in [-0.05, 0) is 43.2 Å². The largest absolute Gasteiger partial charge is 0.342 e. The van der Waals surface area contributed by atoms with Crippen LogP contribution < -0.4 is 4.90 Å². The van der Waals surface area contributed by atoms with Gasteiger partial charge < -0.3 is 14.8 Å². The average molecular weight is 340 g/mol. The number of carbonyl (C=O) groups is 1. The number of para-hydroxylation sites is 2. The highest BCUT2D eigenvalue weighted by Crippen LogP contribution is 2.27. The number of benzene rings is 1. The van der Waals surface area contributed by atoms with Gasteiger partial charge in [0.2, 0.25) is 11.9 Å². The molecule has 1 aromatic carbocycles. The van der Waals surface area contributed by atoms with Crippen LogP contribution in [0.2, 0.25) is 0 Å². The fraction of sp³-hybridized carbons (Fsp3) is 0.600. The number of likely N-dealkylation sites (tertiary alicyclic amines) is 1. The van der Waals surface area contributed by atoms with Crippen molar-refractivity contribution in [3.05, 3.63) is 24.3 Å². The molecule has 2 aliphatic rings. The molecule has 1 aromatic heterocycles. The fourth-order valence-electron chi connectivity index (χ4n) is 4.53. The van der Waals surface area contributed by atoms with E-state index in [-0.39, 0.29) is 5.92 Å². The van der Waals surface area contributed by atoms with Gasteiger partial charge in [0.25, 0.3) is 0 Å². The minimum absolute atomic E-state index is 0.179. The maximum absolute atomic E-state index is 12.9. The Kier molecular flexibility index (Phi) is 4.40. The van der Waals surface area contributed by atoms with Gasteiger partial charge in [-0.3, -0.25) is 4.79 Å². The quantitative estimate of drug-likeness (QED) is 0.913. The number of anilines is 1. The molecular weight excluding hydrogens is 312 g/mol. The van der Waals surface area contributed by atoms with Gasteiger partial charge >= 0.3 is 0 Å². The van der Waals surface area contributed by atoms with Gasteiger partial charge in [0.1, 0.15) is 0 Å². The van der Waals surface area contributed by atoms with E-state index in [1.165, 1.54) is 6.42 Å². The van der Waals surface area contributed by atoms with Crippen LogP contribution in [0.5, 0.6) is 0 Å². The molecule has 2 aliphatic heterocycles. The lowest BCUT2D eigenvalue weighted by Gasteiger charge is -2.39. The van der Waals surface area contributed by atoms with Crippen LogP contribution in [0.15, 0.2) is 24.3 Å². The fourth-order valence-corrected chi connectivity index (χ4v) is 4.53. The molecule has 25 heavy (non-hydrogen) atoms. The van der Waals surface area contributed by atoms with E-state index < -0.39 is 0 Å². The maximum atomic E-state index is 12.9. The highest BCUT2D eigenvalue weighted by atomic mass is 16.2. The summed E-state index contributed by atoms with van der Waals surface area (Å²) in [5.41, 5.74) is 2.08. The van der Waals surface area contributed by atoms with Gasteiger partial charge in [-0.2, -0.15) is 0 Å². The number of aromatic amines is 1. The highest BCUT2D eigenvalue weighted by molar-refractivity contribution is 5.80. The summed E-state index contributed by atoms with van der Waals surface area (Å²) in [6.45, 7) is 8.20. The SMILES string of the molecule is CC1CC(C)CN(C(=O)C2CCN(c3nc4ccccc4[nH]3)CC2)C1. The Labute approximate surface area is 149 Å². The molecule has 4 rings (SSSR count). The van der Waals surface area contributed by atoms with Crippen molar-refractivity contribution in [3.63, 3.8) is 0 Å². The lowest BCUT2D eigenvalue weighted by atomic mass is 9.89. The molecule has 134 valence electrons. The van der Waals surface area contributed by atoms with Gasteiger partial charge in [-0.15, -0.1) is 0 Å². The van der Waals surface area contributed by atoms with Crippen molar-refractivity contribution in [2.45, 2.75) is 33.1 Å². The number of piperidine rings is 2. The van der Waals surface area contributed by atoms with Gasteiger partial charge in [-0.1, -0.05) is 26.0 Å². The monoisotopic (exact) mass is 340 g/mol. The number of H-pyrrole nitrogens is 1. The van der Waals surface area contributed by atoms with E-state index in [1.807, 2.05) is 18.2 Å². The zero-order valence-electron chi connectivity index (χ0n) is 15.2. The Morgan fingerprint density at radius 1 is 1.12 bits per heavy atom. The Balaban J connectivity index is 1.38. The molecular formula is C20H28N4O. The summed E-state index contributed by atoms with van der Waals surface area (Å²) in [6, 6.07) is 8.12. The molecule has 2 saturated heterocycles. The third kappa shape index (κ3) is 3.37. The van der Waals surface area contributed by atoms with Crippen LogP contribution in [0.3, 0.4) is 0 Å². The van der Waals surface area contributed by atoms with E-state index in [9.17, 15) is 4.79 Å². The summed E-state index contributed by atoms with van der Waals surface area (Å²) in [5, 5.41) is 0. The molecule has 1 amide bonds. The number of carbonyl (C=O) groups excluding carboxylic acids is 1. The molecule has 0 radical (unpaired) electrons. The van der Waals surface area contributed by atoms with Crippen molar-refractivity contribution >= 4 is 22.9 Å². The summed E-state index contributed by atoms with van der Waals surface area (Å²) in [6.07, 6.45) is 3.10. The topological polar surface area (TPSA) is 52.2 Å². The number of rotatable bonds is 2. The smallest absolute Gasteiger partial charge is 0.225 e. The second-order valence-corrected chi connectivity index (χ2v) is 8.03. The Morgan fingerprint density at radius 3 is 2.48 bits per heavy atom. The van der Waals surface area contributed by atoms with Crippen LogP contribution in [0.25, 0.3) is 11.0 Å². The molecule has 2 atom stereocenters. The van der Waals surface area contributed by atoms with E-state index in [0.717, 1.165) is 56.0 Å². The van der Waals surface area contributed by atoms with Gasteiger partial charge in [0, 0.05) is 32.1 Å². The number of aromatic nitrogens is 2. The van der Waals surface area contributed by atoms with Crippen LogP contribution in [0, 0.1) is 17.8 Å². The van der Waals surface area contributed by atoms with E-state index in [2.05, 4.69) is 34.7 Å². The Hall–Kier alpha value is -2.04. The summed E-state index contributed by atoms with van der Waals surface area (Å²) in [5.74, 6) is 2.75. The minimum Gasteiger partial charge on any atom is -0.342 e. The second-order valence-electron chi connectivity index (χ2n) is 8.03. The summed E-state index contributed by atoms with van der Waals surface area (Å²) in [7, 11) is 0. The van der Waals surface area contributed by atoms with Gasteiger partial charge in [0.15, 0.2) is 0 Å². The molecule has 0 saturated carbocycles. The predicted molar refractivity (Wildman–Crippen MR) is 101 cm³/mol. The number of hydrogen-bond acceptors (Lipinski definition) is 3. The Morgan fingerprint density at radius 2 is 1.80 bits per heavy atom. The standard InChI is InChI=1S/C20H28N4O/c1-14-11-15(2)13-24(12-14)19(25)16-7-9-23(10-8-16)20-21-17-5-3-4-6-18(17)22-20/h3-6,14-16H,7-13H2,1-2H3,(H,21,22). The zero-order chi connectivity index (χ0) is 17.4. The molecule has 2 fully saturated rings. The average Bonchev–Trinajstić information content (AvgIpc) is 3.04. The highest BCUT2D eigenvalue weighted by Gasteiger charge is 2.32. The van der Waals surface area contributed by atoms with Crippen LogP contribution >= 0.6 is 0 Å². The number of amides is 1. The summed E-state index contributed by atoms with van der Waals surface area (Å²) in [4.78, 5) is 25.4. The van der Waals surface area contributed by atoms with Crippen molar-refractivity contribution in [1.82, 2.24) is 14.9 Å². The molecule has 2 unspecified atom stereocenters. The molecule has 1 N–H and O–H groups in total. The molecule has 0 spiro atoms. The third-order valence-electron chi connectivity index (χ3n) is 5.70. The van der Waals surface area contributed by atoms with Gasteiger partial charge in [0.05, 0.1) is 11.0 Å². The van der Waals surface area contributed by atoms with Crippen LogP contribution in [-0.4, -0.2) is 47.0 Å². The van der Waals surface area contributed by atoms with E-state index in [0.29, 0.717) is 17.7 Å². The predicted octanol–water partition coefficient (Wildman–Crippen LogP) is 3.28.